The standard InChI is InChI=1S/C22H23N5O/c1-22(2)9-3-4-19(22)26-20-17(21(24)28)12-25-27-13-16(10-18(20)27)15-7-5-14(11-23)6-8-15/h5-8,10,12-13,19,26H,3-4,9H2,1-2H3,(H2,24,28). The van der Waals surface area contributed by atoms with Crippen molar-refractivity contribution in [1.82, 2.24) is 9.61 Å². The molecule has 28 heavy (non-hydrogen) atoms. The Morgan fingerprint density at radius 2 is 2.07 bits per heavy atom. The minimum absolute atomic E-state index is 0.151. The van der Waals surface area contributed by atoms with Crippen molar-refractivity contribution in [3.63, 3.8) is 0 Å². The van der Waals surface area contributed by atoms with Crippen LogP contribution in [0.2, 0.25) is 0 Å². The maximum absolute atomic E-state index is 12.1. The van der Waals surface area contributed by atoms with E-state index in [1.54, 1.807) is 16.6 Å². The molecule has 1 aliphatic carbocycles. The number of primary amides is 1. The first-order chi connectivity index (χ1) is 13.4. The van der Waals surface area contributed by atoms with Gasteiger partial charge in [0.1, 0.15) is 0 Å². The van der Waals surface area contributed by atoms with Crippen molar-refractivity contribution in [2.45, 2.75) is 39.2 Å². The number of aromatic nitrogens is 2. The zero-order valence-corrected chi connectivity index (χ0v) is 16.1. The first kappa shape index (κ1) is 18.1. The van der Waals surface area contributed by atoms with Crippen molar-refractivity contribution in [1.29, 1.82) is 5.26 Å². The largest absolute Gasteiger partial charge is 0.379 e. The molecule has 0 saturated heterocycles. The molecule has 3 N–H and O–H groups in total. The molecule has 2 heterocycles. The Kier molecular flexibility index (Phi) is 4.31. The second kappa shape index (κ2) is 6.68. The van der Waals surface area contributed by atoms with Gasteiger partial charge in [0.2, 0.25) is 0 Å². The summed E-state index contributed by atoms with van der Waals surface area (Å²) in [6.45, 7) is 4.50. The van der Waals surface area contributed by atoms with E-state index in [1.165, 1.54) is 6.20 Å². The molecule has 1 atom stereocenters. The fraction of sp³-hybridized carbons (Fsp3) is 0.318. The van der Waals surface area contributed by atoms with Crippen LogP contribution < -0.4 is 11.1 Å². The topological polar surface area (TPSA) is 96.2 Å². The molecule has 0 aliphatic heterocycles. The predicted octanol–water partition coefficient (Wildman–Crippen LogP) is 3.96. The number of nitrogens with two attached hydrogens (primary N) is 1. The van der Waals surface area contributed by atoms with Gasteiger partial charge in [0, 0.05) is 17.8 Å². The first-order valence-corrected chi connectivity index (χ1v) is 9.47. The van der Waals surface area contributed by atoms with Gasteiger partial charge in [0.15, 0.2) is 0 Å². The molecular formula is C22H23N5O. The van der Waals surface area contributed by atoms with Gasteiger partial charge < -0.3 is 11.1 Å². The lowest BCUT2D eigenvalue weighted by molar-refractivity contribution is 0.100. The van der Waals surface area contributed by atoms with Crippen molar-refractivity contribution in [2.24, 2.45) is 11.1 Å². The van der Waals surface area contributed by atoms with Gasteiger partial charge >= 0.3 is 0 Å². The molecule has 2 aromatic heterocycles. The number of anilines is 1. The molecule has 1 amide bonds. The highest BCUT2D eigenvalue weighted by atomic mass is 16.1. The third kappa shape index (κ3) is 3.09. The van der Waals surface area contributed by atoms with Crippen molar-refractivity contribution >= 4 is 17.1 Å². The molecule has 6 nitrogen and oxygen atoms in total. The minimum Gasteiger partial charge on any atom is -0.379 e. The molecule has 6 heteroatoms. The Bertz CT molecular complexity index is 1090. The van der Waals surface area contributed by atoms with Gasteiger partial charge in [-0.3, -0.25) is 4.79 Å². The van der Waals surface area contributed by atoms with Crippen molar-refractivity contribution in [3.05, 3.63) is 53.9 Å². The smallest absolute Gasteiger partial charge is 0.252 e. The average Bonchev–Trinajstić information content (AvgIpc) is 3.25. The first-order valence-electron chi connectivity index (χ1n) is 9.47. The summed E-state index contributed by atoms with van der Waals surface area (Å²) in [4.78, 5) is 12.1. The quantitative estimate of drug-likeness (QED) is 0.723. The van der Waals surface area contributed by atoms with E-state index >= 15 is 0 Å². The van der Waals surface area contributed by atoms with Crippen molar-refractivity contribution < 1.29 is 4.79 Å². The Morgan fingerprint density at radius 1 is 1.32 bits per heavy atom. The molecule has 1 fully saturated rings. The van der Waals surface area contributed by atoms with E-state index in [2.05, 4.69) is 30.3 Å². The summed E-state index contributed by atoms with van der Waals surface area (Å²) in [5.74, 6) is -0.491. The number of nitrogens with one attached hydrogen (secondary N) is 1. The van der Waals surface area contributed by atoms with Crippen LogP contribution >= 0.6 is 0 Å². The maximum Gasteiger partial charge on any atom is 0.252 e. The Hall–Kier alpha value is -3.33. The highest BCUT2D eigenvalue weighted by Gasteiger charge is 2.35. The normalized spacial score (nSPS) is 18.1. The summed E-state index contributed by atoms with van der Waals surface area (Å²) in [5, 5.41) is 17.0. The molecular weight excluding hydrogens is 350 g/mol. The molecule has 0 radical (unpaired) electrons. The number of fused-ring (bicyclic) bond motifs is 1. The van der Waals surface area contributed by atoms with Crippen LogP contribution in [0.15, 0.2) is 42.7 Å². The number of benzene rings is 1. The van der Waals surface area contributed by atoms with Crippen LogP contribution in [0, 0.1) is 16.7 Å². The Balaban J connectivity index is 1.81. The third-order valence-corrected chi connectivity index (χ3v) is 5.83. The van der Waals surface area contributed by atoms with E-state index in [9.17, 15) is 4.79 Å². The summed E-state index contributed by atoms with van der Waals surface area (Å²) in [7, 11) is 0. The number of nitriles is 1. The Labute approximate surface area is 164 Å². The van der Waals surface area contributed by atoms with E-state index in [0.717, 1.165) is 41.6 Å². The van der Waals surface area contributed by atoms with E-state index in [-0.39, 0.29) is 11.5 Å². The third-order valence-electron chi connectivity index (χ3n) is 5.83. The SMILES string of the molecule is CC1(C)CCCC1Nc1c(C(N)=O)cnn2cc(-c3ccc(C#N)cc3)cc12. The van der Waals surface area contributed by atoms with Gasteiger partial charge in [-0.1, -0.05) is 32.4 Å². The summed E-state index contributed by atoms with van der Waals surface area (Å²) in [6, 6.07) is 11.8. The molecule has 1 aromatic carbocycles. The monoisotopic (exact) mass is 373 g/mol. The van der Waals surface area contributed by atoms with Crippen molar-refractivity contribution in [3.8, 4) is 17.2 Å². The maximum atomic E-state index is 12.1. The molecule has 0 spiro atoms. The van der Waals surface area contributed by atoms with E-state index in [0.29, 0.717) is 11.1 Å². The summed E-state index contributed by atoms with van der Waals surface area (Å²) in [5.41, 5.74) is 10.3. The number of amides is 1. The van der Waals surface area contributed by atoms with Crippen LogP contribution in [0.25, 0.3) is 16.6 Å². The van der Waals surface area contributed by atoms with Crippen LogP contribution in [0.3, 0.4) is 0 Å². The molecule has 1 saturated carbocycles. The lowest BCUT2D eigenvalue weighted by atomic mass is 9.87. The lowest BCUT2D eigenvalue weighted by Gasteiger charge is -2.29. The molecule has 3 aromatic rings. The fourth-order valence-corrected chi connectivity index (χ4v) is 4.06. The van der Waals surface area contributed by atoms with Gasteiger partial charge in [-0.05, 0) is 42.0 Å². The van der Waals surface area contributed by atoms with Gasteiger partial charge in [-0.2, -0.15) is 10.4 Å². The molecule has 142 valence electrons. The zero-order valence-electron chi connectivity index (χ0n) is 16.1. The zero-order chi connectivity index (χ0) is 19.9. The molecule has 4 rings (SSSR count). The number of carbonyl (C=O) groups is 1. The summed E-state index contributed by atoms with van der Waals surface area (Å²) < 4.78 is 1.77. The van der Waals surface area contributed by atoms with Gasteiger partial charge in [0.05, 0.1) is 34.6 Å². The van der Waals surface area contributed by atoms with Gasteiger partial charge in [-0.15, -0.1) is 0 Å². The Morgan fingerprint density at radius 3 is 2.68 bits per heavy atom. The summed E-state index contributed by atoms with van der Waals surface area (Å²) >= 11 is 0. The van der Waals surface area contributed by atoms with E-state index in [4.69, 9.17) is 11.0 Å². The predicted molar refractivity (Wildman–Crippen MR) is 109 cm³/mol. The highest BCUT2D eigenvalue weighted by molar-refractivity contribution is 6.02. The number of hydrogen-bond donors (Lipinski definition) is 2. The second-order valence-electron chi connectivity index (χ2n) is 8.12. The van der Waals surface area contributed by atoms with Crippen LogP contribution in [0.4, 0.5) is 5.69 Å². The molecule has 0 bridgehead atoms. The highest BCUT2D eigenvalue weighted by Crippen LogP contribution is 2.40. The van der Waals surface area contributed by atoms with E-state index < -0.39 is 5.91 Å². The van der Waals surface area contributed by atoms with Crippen LogP contribution in [0.5, 0.6) is 0 Å². The lowest BCUT2D eigenvalue weighted by Crippen LogP contribution is -2.32. The van der Waals surface area contributed by atoms with Crippen LogP contribution in [0.1, 0.15) is 49.0 Å². The fourth-order valence-electron chi connectivity index (χ4n) is 4.06. The number of nitrogens with zero attached hydrogens (tertiary/aromatic N) is 3. The molecule has 1 unspecified atom stereocenters. The molecule has 1 aliphatic rings. The summed E-state index contributed by atoms with van der Waals surface area (Å²) in [6.07, 6.45) is 6.82. The van der Waals surface area contributed by atoms with Gasteiger partial charge in [-0.25, -0.2) is 4.52 Å². The van der Waals surface area contributed by atoms with E-state index in [1.807, 2.05) is 24.4 Å². The van der Waals surface area contributed by atoms with Crippen molar-refractivity contribution in [2.75, 3.05) is 5.32 Å². The number of hydrogen-bond acceptors (Lipinski definition) is 4. The minimum atomic E-state index is -0.491. The number of carbonyl (C=O) groups excluding carboxylic acids is 1. The second-order valence-corrected chi connectivity index (χ2v) is 8.12. The van der Waals surface area contributed by atoms with Gasteiger partial charge in [0.25, 0.3) is 5.91 Å². The van der Waals surface area contributed by atoms with Crippen LogP contribution in [-0.2, 0) is 0 Å². The van der Waals surface area contributed by atoms with Crippen LogP contribution in [-0.4, -0.2) is 21.6 Å². The average molecular weight is 373 g/mol. The number of rotatable bonds is 4.